The zero-order valence-corrected chi connectivity index (χ0v) is 14.7. The average molecular weight is 405 g/mol. The predicted octanol–water partition coefficient (Wildman–Crippen LogP) is 3.63. The van der Waals surface area contributed by atoms with Crippen LogP contribution in [0.1, 0.15) is 15.9 Å². The molecule has 0 aliphatic carbocycles. The molecule has 3 rings (SSSR count). The minimum absolute atomic E-state index is 0.0100. The molecule has 1 aromatic heterocycles. The number of carbonyl (C=O) groups is 1. The molecule has 0 saturated carbocycles. The van der Waals surface area contributed by atoms with Crippen molar-refractivity contribution in [3.63, 3.8) is 0 Å². The highest BCUT2D eigenvalue weighted by molar-refractivity contribution is 9.10. The molecule has 1 heterocycles. The molecule has 1 N–H and O–H groups in total. The van der Waals surface area contributed by atoms with E-state index in [1.807, 2.05) is 0 Å². The third kappa shape index (κ3) is 3.66. The average Bonchev–Trinajstić information content (AvgIpc) is 2.58. The maximum atomic E-state index is 12.2. The maximum absolute atomic E-state index is 12.2. The van der Waals surface area contributed by atoms with Gasteiger partial charge in [-0.2, -0.15) is 0 Å². The van der Waals surface area contributed by atoms with Gasteiger partial charge < -0.3 is 19.0 Å². The second kappa shape index (κ2) is 6.98. The topological polar surface area (TPSA) is 86.0 Å². The SMILES string of the molecule is COc1ccc(C(=O)OCc2cc(=O)oc3cc(Br)ccc23)c(O)c1. The molecule has 7 heteroatoms. The van der Waals surface area contributed by atoms with Crippen molar-refractivity contribution in [2.45, 2.75) is 6.61 Å². The number of aromatic hydroxyl groups is 1. The summed E-state index contributed by atoms with van der Waals surface area (Å²) in [4.78, 5) is 23.9. The number of hydrogen-bond acceptors (Lipinski definition) is 6. The van der Waals surface area contributed by atoms with Crippen LogP contribution in [0.2, 0.25) is 0 Å². The van der Waals surface area contributed by atoms with Crippen LogP contribution in [-0.2, 0) is 11.3 Å². The summed E-state index contributed by atoms with van der Waals surface area (Å²) in [6.45, 7) is -0.131. The van der Waals surface area contributed by atoms with Gasteiger partial charge in [-0.1, -0.05) is 15.9 Å². The van der Waals surface area contributed by atoms with Gasteiger partial charge >= 0.3 is 11.6 Å². The second-order valence-electron chi connectivity index (χ2n) is 5.19. The van der Waals surface area contributed by atoms with Gasteiger partial charge in [0.1, 0.15) is 29.3 Å². The van der Waals surface area contributed by atoms with Crippen LogP contribution >= 0.6 is 15.9 Å². The Morgan fingerprint density at radius 1 is 1.20 bits per heavy atom. The molecule has 0 fully saturated rings. The van der Waals surface area contributed by atoms with Crippen molar-refractivity contribution in [1.29, 1.82) is 0 Å². The van der Waals surface area contributed by atoms with Gasteiger partial charge in [-0.25, -0.2) is 9.59 Å². The molecule has 0 aliphatic rings. The molecule has 25 heavy (non-hydrogen) atoms. The zero-order valence-electron chi connectivity index (χ0n) is 13.1. The van der Waals surface area contributed by atoms with E-state index in [0.29, 0.717) is 22.3 Å². The number of phenolic OH excluding ortho intramolecular Hbond substituents is 1. The molecule has 0 unspecified atom stereocenters. The Kier molecular flexibility index (Phi) is 4.76. The fourth-order valence-corrected chi connectivity index (χ4v) is 2.70. The van der Waals surface area contributed by atoms with Crippen LogP contribution in [0.5, 0.6) is 11.5 Å². The van der Waals surface area contributed by atoms with Gasteiger partial charge in [0.2, 0.25) is 0 Å². The summed E-state index contributed by atoms with van der Waals surface area (Å²) in [6, 6.07) is 10.8. The quantitative estimate of drug-likeness (QED) is 0.527. The molecule has 6 nitrogen and oxygen atoms in total. The number of ether oxygens (including phenoxy) is 2. The number of methoxy groups -OCH3 is 1. The van der Waals surface area contributed by atoms with Gasteiger partial charge in [-0.3, -0.25) is 0 Å². The van der Waals surface area contributed by atoms with E-state index in [2.05, 4.69) is 15.9 Å². The van der Waals surface area contributed by atoms with Crippen molar-refractivity contribution in [1.82, 2.24) is 0 Å². The Morgan fingerprint density at radius 2 is 2.00 bits per heavy atom. The van der Waals surface area contributed by atoms with Crippen LogP contribution in [0.25, 0.3) is 11.0 Å². The number of halogens is 1. The summed E-state index contributed by atoms with van der Waals surface area (Å²) in [5, 5.41) is 10.5. The highest BCUT2D eigenvalue weighted by Gasteiger charge is 2.15. The fourth-order valence-electron chi connectivity index (χ4n) is 2.36. The van der Waals surface area contributed by atoms with E-state index in [1.54, 1.807) is 24.3 Å². The lowest BCUT2D eigenvalue weighted by Gasteiger charge is -2.09. The van der Waals surface area contributed by atoms with Crippen LogP contribution < -0.4 is 10.4 Å². The third-order valence-electron chi connectivity index (χ3n) is 3.58. The Hall–Kier alpha value is -2.80. The highest BCUT2D eigenvalue weighted by atomic mass is 79.9. The van der Waals surface area contributed by atoms with Crippen LogP contribution in [0.15, 0.2) is 56.1 Å². The minimum atomic E-state index is -0.710. The van der Waals surface area contributed by atoms with Crippen molar-refractivity contribution >= 4 is 32.9 Å². The summed E-state index contributed by atoms with van der Waals surface area (Å²) in [7, 11) is 1.46. The molecule has 0 saturated heterocycles. The molecule has 3 aromatic rings. The van der Waals surface area contributed by atoms with Gasteiger partial charge in [-0.15, -0.1) is 0 Å². The lowest BCUT2D eigenvalue weighted by molar-refractivity contribution is 0.0470. The third-order valence-corrected chi connectivity index (χ3v) is 4.07. The van der Waals surface area contributed by atoms with E-state index in [9.17, 15) is 14.7 Å². The number of esters is 1. The van der Waals surface area contributed by atoms with Gasteiger partial charge in [0.15, 0.2) is 0 Å². The van der Waals surface area contributed by atoms with E-state index in [4.69, 9.17) is 13.9 Å². The van der Waals surface area contributed by atoms with Gasteiger partial charge in [0.05, 0.1) is 7.11 Å². The first-order valence-electron chi connectivity index (χ1n) is 7.24. The molecule has 128 valence electrons. The number of carbonyl (C=O) groups excluding carboxylic acids is 1. The number of benzene rings is 2. The number of rotatable bonds is 4. The predicted molar refractivity (Wildman–Crippen MR) is 94.0 cm³/mol. The van der Waals surface area contributed by atoms with E-state index < -0.39 is 11.6 Å². The van der Waals surface area contributed by atoms with E-state index in [-0.39, 0.29) is 17.9 Å². The fraction of sp³-hybridized carbons (Fsp3) is 0.111. The minimum Gasteiger partial charge on any atom is -0.507 e. The molecule has 0 radical (unpaired) electrons. The van der Waals surface area contributed by atoms with E-state index >= 15 is 0 Å². The van der Waals surface area contributed by atoms with Crippen molar-refractivity contribution in [2.75, 3.05) is 7.11 Å². The largest absolute Gasteiger partial charge is 0.507 e. The molecule has 0 aliphatic heterocycles. The van der Waals surface area contributed by atoms with Gasteiger partial charge in [0, 0.05) is 27.6 Å². The Balaban J connectivity index is 1.85. The lowest BCUT2D eigenvalue weighted by atomic mass is 10.1. The molecular formula is C18H13BrO6. The highest BCUT2D eigenvalue weighted by Crippen LogP contribution is 2.25. The molecule has 0 atom stereocenters. The maximum Gasteiger partial charge on any atom is 0.342 e. The summed E-state index contributed by atoms with van der Waals surface area (Å²) >= 11 is 3.31. The van der Waals surface area contributed by atoms with Crippen LogP contribution in [0, 0.1) is 0 Å². The van der Waals surface area contributed by atoms with Crippen molar-refractivity contribution in [3.05, 3.63) is 68.5 Å². The standard InChI is InChI=1S/C18H13BrO6/c1-23-12-3-5-14(15(20)8-12)18(22)24-9-10-6-17(21)25-16-7-11(19)2-4-13(10)16/h2-8,20H,9H2,1H3. The molecular weight excluding hydrogens is 392 g/mol. The van der Waals surface area contributed by atoms with Crippen LogP contribution in [0.4, 0.5) is 0 Å². The smallest absolute Gasteiger partial charge is 0.342 e. The molecule has 2 aromatic carbocycles. The molecule has 0 spiro atoms. The first-order chi connectivity index (χ1) is 12.0. The molecule has 0 amide bonds. The Labute approximate surface area is 150 Å². The summed E-state index contributed by atoms with van der Waals surface area (Å²) in [5.74, 6) is -0.532. The normalized spacial score (nSPS) is 10.6. The summed E-state index contributed by atoms with van der Waals surface area (Å²) in [5.41, 5.74) is 0.375. The van der Waals surface area contributed by atoms with Crippen LogP contribution in [0.3, 0.4) is 0 Å². The Morgan fingerprint density at radius 3 is 2.72 bits per heavy atom. The lowest BCUT2D eigenvalue weighted by Crippen LogP contribution is -2.08. The van der Waals surface area contributed by atoms with Crippen molar-refractivity contribution in [3.8, 4) is 11.5 Å². The summed E-state index contributed by atoms with van der Waals surface area (Å²) < 4.78 is 16.1. The molecule has 0 bridgehead atoms. The summed E-state index contributed by atoms with van der Waals surface area (Å²) in [6.07, 6.45) is 0. The van der Waals surface area contributed by atoms with E-state index in [0.717, 1.165) is 4.47 Å². The number of phenols is 1. The Bertz CT molecular complexity index is 1010. The number of fused-ring (bicyclic) bond motifs is 1. The van der Waals surface area contributed by atoms with Crippen molar-refractivity contribution in [2.24, 2.45) is 0 Å². The first kappa shape index (κ1) is 17.0. The van der Waals surface area contributed by atoms with Crippen LogP contribution in [-0.4, -0.2) is 18.2 Å². The van der Waals surface area contributed by atoms with E-state index in [1.165, 1.54) is 25.3 Å². The zero-order chi connectivity index (χ0) is 18.0. The number of hydrogen-bond donors (Lipinski definition) is 1. The first-order valence-corrected chi connectivity index (χ1v) is 8.03. The van der Waals surface area contributed by atoms with Crippen molar-refractivity contribution < 1.29 is 23.8 Å². The monoisotopic (exact) mass is 404 g/mol. The van der Waals surface area contributed by atoms with Gasteiger partial charge in [-0.05, 0) is 30.3 Å². The van der Waals surface area contributed by atoms with Gasteiger partial charge in [0.25, 0.3) is 0 Å². The second-order valence-corrected chi connectivity index (χ2v) is 6.11.